The highest BCUT2D eigenvalue weighted by Gasteiger charge is 2.52. The Labute approximate surface area is 121 Å². The molecule has 2 rings (SSSR count). The second kappa shape index (κ2) is 5.63. The Hall–Kier alpha value is -1.87. The smallest absolute Gasteiger partial charge is 0.403 e. The topological polar surface area (TPSA) is 26.3 Å². The summed E-state index contributed by atoms with van der Waals surface area (Å²) >= 11 is 0. The van der Waals surface area contributed by atoms with Gasteiger partial charge in [-0.15, -0.1) is 0 Å². The highest BCUT2D eigenvalue weighted by Crippen LogP contribution is 2.36. The van der Waals surface area contributed by atoms with Crippen LogP contribution in [0.2, 0.25) is 5.04 Å². The molecule has 0 N–H and O–H groups in total. The SMILES string of the molecule is CC(C)(C)[Si](O[C]=O)(c1ccccc1)c1ccccc1. The van der Waals surface area contributed by atoms with Gasteiger partial charge in [0.1, 0.15) is 0 Å². The Balaban J connectivity index is 2.73. The van der Waals surface area contributed by atoms with Crippen LogP contribution in [-0.4, -0.2) is 14.8 Å². The Morgan fingerprint density at radius 3 is 1.55 bits per heavy atom. The van der Waals surface area contributed by atoms with Crippen molar-refractivity contribution in [2.45, 2.75) is 25.8 Å². The summed E-state index contributed by atoms with van der Waals surface area (Å²) in [6.45, 7) is 8.09. The molecule has 0 atom stereocenters. The second-order valence-corrected chi connectivity index (χ2v) is 10.1. The molecule has 0 aliphatic heterocycles. The standard InChI is InChI=1S/C17H19O2Si/c1-17(2,3)20(19-14-18,15-10-6-4-7-11-15)16-12-8-5-9-13-16/h4-13H,1-3H3. The minimum atomic E-state index is -2.67. The molecule has 2 aromatic carbocycles. The van der Waals surface area contributed by atoms with Crippen molar-refractivity contribution in [2.24, 2.45) is 0 Å². The van der Waals surface area contributed by atoms with Crippen molar-refractivity contribution in [1.82, 2.24) is 0 Å². The second-order valence-electron chi connectivity index (χ2n) is 5.85. The quantitative estimate of drug-likeness (QED) is 0.806. The van der Waals surface area contributed by atoms with Gasteiger partial charge in [-0.25, -0.2) is 4.79 Å². The molecule has 0 aromatic heterocycles. The number of hydrogen-bond donors (Lipinski definition) is 0. The molecule has 0 heterocycles. The third-order valence-corrected chi connectivity index (χ3v) is 8.41. The average molecular weight is 283 g/mol. The lowest BCUT2D eigenvalue weighted by molar-refractivity contribution is 0.425. The molecular weight excluding hydrogens is 264 g/mol. The van der Waals surface area contributed by atoms with Crippen LogP contribution in [0, 0.1) is 0 Å². The van der Waals surface area contributed by atoms with Crippen molar-refractivity contribution in [3.8, 4) is 0 Å². The first-order chi connectivity index (χ1) is 9.52. The Morgan fingerprint density at radius 1 is 0.850 bits per heavy atom. The van der Waals surface area contributed by atoms with Gasteiger partial charge in [-0.3, -0.25) is 0 Å². The molecule has 0 unspecified atom stereocenters. The van der Waals surface area contributed by atoms with Crippen molar-refractivity contribution in [3.05, 3.63) is 60.7 Å². The van der Waals surface area contributed by atoms with Crippen molar-refractivity contribution >= 4 is 25.2 Å². The fourth-order valence-corrected chi connectivity index (χ4v) is 6.77. The van der Waals surface area contributed by atoms with Crippen LogP contribution in [0.25, 0.3) is 0 Å². The van der Waals surface area contributed by atoms with Crippen molar-refractivity contribution in [1.29, 1.82) is 0 Å². The van der Waals surface area contributed by atoms with Crippen molar-refractivity contribution in [3.63, 3.8) is 0 Å². The summed E-state index contributed by atoms with van der Waals surface area (Å²) in [7, 11) is -2.67. The maximum absolute atomic E-state index is 11.1. The zero-order valence-corrected chi connectivity index (χ0v) is 13.1. The van der Waals surface area contributed by atoms with Crippen LogP contribution in [-0.2, 0) is 9.22 Å². The first-order valence-electron chi connectivity index (χ1n) is 6.68. The van der Waals surface area contributed by atoms with Gasteiger partial charge < -0.3 is 4.43 Å². The zero-order valence-electron chi connectivity index (χ0n) is 12.1. The summed E-state index contributed by atoms with van der Waals surface area (Å²) in [6.07, 6.45) is 0. The summed E-state index contributed by atoms with van der Waals surface area (Å²) in [6, 6.07) is 20.1. The van der Waals surface area contributed by atoms with E-state index in [0.717, 1.165) is 10.4 Å². The first-order valence-corrected chi connectivity index (χ1v) is 8.59. The highest BCUT2D eigenvalue weighted by molar-refractivity contribution is 7.00. The number of carbonyl (C=O) groups excluding carboxylic acids is 1. The predicted molar refractivity (Wildman–Crippen MR) is 84.4 cm³/mol. The van der Waals surface area contributed by atoms with E-state index in [1.807, 2.05) is 60.7 Å². The maximum atomic E-state index is 11.1. The van der Waals surface area contributed by atoms with Gasteiger partial charge in [-0.1, -0.05) is 81.4 Å². The number of benzene rings is 2. The number of rotatable bonds is 4. The third kappa shape index (κ3) is 2.41. The predicted octanol–water partition coefficient (Wildman–Crippen LogP) is 2.63. The molecule has 0 amide bonds. The first kappa shape index (κ1) is 14.5. The molecule has 20 heavy (non-hydrogen) atoms. The van der Waals surface area contributed by atoms with E-state index in [-0.39, 0.29) is 5.04 Å². The molecule has 2 aromatic rings. The van der Waals surface area contributed by atoms with E-state index in [9.17, 15) is 4.79 Å². The Morgan fingerprint density at radius 2 is 1.25 bits per heavy atom. The van der Waals surface area contributed by atoms with Gasteiger partial charge in [0.25, 0.3) is 0 Å². The minimum absolute atomic E-state index is 0.173. The lowest BCUT2D eigenvalue weighted by Gasteiger charge is -2.40. The average Bonchev–Trinajstić information content (AvgIpc) is 2.45. The van der Waals surface area contributed by atoms with Crippen LogP contribution in [0.3, 0.4) is 0 Å². The van der Waals surface area contributed by atoms with Crippen LogP contribution < -0.4 is 10.4 Å². The van der Waals surface area contributed by atoms with Crippen LogP contribution in [0.5, 0.6) is 0 Å². The van der Waals surface area contributed by atoms with E-state index in [1.165, 1.54) is 0 Å². The molecule has 0 bridgehead atoms. The van der Waals surface area contributed by atoms with Gasteiger partial charge in [0.2, 0.25) is 0 Å². The summed E-state index contributed by atoms with van der Waals surface area (Å²) < 4.78 is 5.70. The Kier molecular flexibility index (Phi) is 4.09. The molecule has 0 saturated heterocycles. The van der Waals surface area contributed by atoms with Crippen LogP contribution in [0.15, 0.2) is 60.7 Å². The van der Waals surface area contributed by atoms with E-state index in [2.05, 4.69) is 20.8 Å². The molecule has 0 aliphatic carbocycles. The van der Waals surface area contributed by atoms with Gasteiger partial charge in [0, 0.05) is 0 Å². The van der Waals surface area contributed by atoms with E-state index >= 15 is 0 Å². The van der Waals surface area contributed by atoms with Gasteiger partial charge in [0.15, 0.2) is 0 Å². The summed E-state index contributed by atoms with van der Waals surface area (Å²) in [5, 5.41) is 2.00. The maximum Gasteiger partial charge on any atom is 0.403 e. The summed E-state index contributed by atoms with van der Waals surface area (Å²) in [5.41, 5.74) is 0. The van der Waals surface area contributed by atoms with Crippen LogP contribution in [0.4, 0.5) is 0 Å². The largest absolute Gasteiger partial charge is 0.501 e. The van der Waals surface area contributed by atoms with Crippen molar-refractivity contribution in [2.75, 3.05) is 0 Å². The molecule has 2 nitrogen and oxygen atoms in total. The normalized spacial score (nSPS) is 11.9. The van der Waals surface area contributed by atoms with Gasteiger partial charge in [-0.2, -0.15) is 0 Å². The minimum Gasteiger partial charge on any atom is -0.501 e. The highest BCUT2D eigenvalue weighted by atomic mass is 28.4. The zero-order chi connectivity index (χ0) is 14.6. The lowest BCUT2D eigenvalue weighted by atomic mass is 10.2. The van der Waals surface area contributed by atoms with E-state index in [1.54, 1.807) is 6.47 Å². The molecule has 0 saturated carbocycles. The molecule has 1 radical (unpaired) electrons. The fourth-order valence-electron chi connectivity index (χ4n) is 2.71. The molecule has 3 heteroatoms. The van der Waals surface area contributed by atoms with E-state index in [4.69, 9.17) is 4.43 Å². The Bertz CT molecular complexity index is 519. The van der Waals surface area contributed by atoms with Crippen LogP contribution >= 0.6 is 0 Å². The van der Waals surface area contributed by atoms with Gasteiger partial charge >= 0.3 is 14.8 Å². The summed E-state index contributed by atoms with van der Waals surface area (Å²) in [5.74, 6) is 0. The number of hydrogen-bond acceptors (Lipinski definition) is 2. The van der Waals surface area contributed by atoms with Gasteiger partial charge in [0.05, 0.1) is 0 Å². The lowest BCUT2D eigenvalue weighted by Crippen LogP contribution is -2.66. The van der Waals surface area contributed by atoms with Crippen LogP contribution in [0.1, 0.15) is 20.8 Å². The third-order valence-electron chi connectivity index (χ3n) is 3.61. The van der Waals surface area contributed by atoms with Crippen molar-refractivity contribution < 1.29 is 9.22 Å². The molecular formula is C17H19O2Si. The molecule has 0 aliphatic rings. The summed E-state index contributed by atoms with van der Waals surface area (Å²) in [4.78, 5) is 11.1. The fraction of sp³-hybridized carbons (Fsp3) is 0.235. The molecule has 0 spiro atoms. The molecule has 103 valence electrons. The van der Waals surface area contributed by atoms with E-state index < -0.39 is 8.32 Å². The van der Waals surface area contributed by atoms with E-state index in [0.29, 0.717) is 0 Å². The molecule has 0 fully saturated rings. The monoisotopic (exact) mass is 283 g/mol. The van der Waals surface area contributed by atoms with Gasteiger partial charge in [-0.05, 0) is 15.4 Å².